The van der Waals surface area contributed by atoms with Crippen molar-refractivity contribution < 1.29 is 29.6 Å². The molecule has 0 atom stereocenters. The molecule has 4 nitrogen and oxygen atoms in total. The molecule has 0 aliphatic heterocycles. The van der Waals surface area contributed by atoms with Crippen LogP contribution in [0.5, 0.6) is 0 Å². The molecule has 0 bridgehead atoms. The molecule has 130 valence electrons. The Morgan fingerprint density at radius 3 is 0.619 bits per heavy atom. The van der Waals surface area contributed by atoms with E-state index in [0.717, 1.165) is 0 Å². The van der Waals surface area contributed by atoms with Gasteiger partial charge in [-0.15, -0.1) is 0 Å². The first-order valence-electron chi connectivity index (χ1n) is 7.48. The van der Waals surface area contributed by atoms with Crippen molar-refractivity contribution in [2.75, 3.05) is 0 Å². The topological polar surface area (TPSA) is 36.9 Å². The summed E-state index contributed by atoms with van der Waals surface area (Å²) in [6, 6.07) is 0. The van der Waals surface area contributed by atoms with Crippen LogP contribution in [0.25, 0.3) is 0 Å². The molecule has 21 heavy (non-hydrogen) atoms. The summed E-state index contributed by atoms with van der Waals surface area (Å²) in [6.45, 7) is 23.9. The second-order valence-corrected chi connectivity index (χ2v) is 11.5. The van der Waals surface area contributed by atoms with Crippen LogP contribution in [-0.4, -0.2) is 22.4 Å². The van der Waals surface area contributed by atoms with Crippen molar-refractivity contribution in [1.29, 1.82) is 0 Å². The van der Waals surface area contributed by atoms with E-state index in [1.807, 2.05) is 83.1 Å². The molecule has 0 heterocycles. The van der Waals surface area contributed by atoms with E-state index in [2.05, 4.69) is 0 Å². The van der Waals surface area contributed by atoms with E-state index < -0.39 is 36.8 Å². The summed E-state index contributed by atoms with van der Waals surface area (Å²) in [6.07, 6.45) is 0. The summed E-state index contributed by atoms with van der Waals surface area (Å²) in [5.74, 6) is 0. The molecule has 0 fully saturated rings. The fourth-order valence-corrected chi connectivity index (χ4v) is 5.47. The van der Waals surface area contributed by atoms with E-state index in [-0.39, 0.29) is 0 Å². The molecule has 0 aromatic carbocycles. The molecule has 5 heteroatoms. The summed E-state index contributed by atoms with van der Waals surface area (Å²) >= 11 is -3.56. The molecule has 0 aromatic heterocycles. The molecule has 0 aromatic rings. The van der Waals surface area contributed by atoms with Crippen LogP contribution in [0.4, 0.5) is 0 Å². The van der Waals surface area contributed by atoms with Crippen molar-refractivity contribution >= 4 is 0 Å². The molecule has 0 rings (SSSR count). The minimum atomic E-state index is -3.56. The fraction of sp³-hybridized carbons (Fsp3) is 1.00. The molecule has 0 aliphatic rings. The average Bonchev–Trinajstić information content (AvgIpc) is 1.83. The molecular formula is C16H36CrO4. The summed E-state index contributed by atoms with van der Waals surface area (Å²) in [7, 11) is 0. The maximum absolute atomic E-state index is 6.24. The van der Waals surface area contributed by atoms with Gasteiger partial charge in [0.2, 0.25) is 0 Å². The first-order chi connectivity index (χ1) is 8.83. The van der Waals surface area contributed by atoms with Crippen molar-refractivity contribution in [2.45, 2.75) is 105 Å². The van der Waals surface area contributed by atoms with Gasteiger partial charge in [0.05, 0.1) is 0 Å². The van der Waals surface area contributed by atoms with Gasteiger partial charge in [-0.2, -0.15) is 0 Å². The minimum absolute atomic E-state index is 0.415. The van der Waals surface area contributed by atoms with Crippen LogP contribution in [0.1, 0.15) is 83.1 Å². The zero-order valence-electron chi connectivity index (χ0n) is 16.0. The molecule has 0 spiro atoms. The van der Waals surface area contributed by atoms with Crippen LogP contribution in [0.15, 0.2) is 0 Å². The maximum atomic E-state index is 6.24. The molecular weight excluding hydrogens is 308 g/mol. The van der Waals surface area contributed by atoms with Crippen molar-refractivity contribution in [3.05, 3.63) is 0 Å². The Kier molecular flexibility index (Phi) is 6.59. The molecule has 0 radical (unpaired) electrons. The van der Waals surface area contributed by atoms with Crippen LogP contribution in [0.2, 0.25) is 0 Å². The van der Waals surface area contributed by atoms with Gasteiger partial charge in [-0.25, -0.2) is 0 Å². The van der Waals surface area contributed by atoms with E-state index in [4.69, 9.17) is 15.2 Å². The predicted octanol–water partition coefficient (Wildman–Crippen LogP) is 5.06. The third kappa shape index (κ3) is 11.6. The van der Waals surface area contributed by atoms with Gasteiger partial charge < -0.3 is 0 Å². The van der Waals surface area contributed by atoms with Crippen LogP contribution in [0.3, 0.4) is 0 Å². The first kappa shape index (κ1) is 21.4. The van der Waals surface area contributed by atoms with E-state index in [9.17, 15) is 0 Å². The first-order valence-corrected chi connectivity index (χ1v) is 9.57. The molecule has 0 N–H and O–H groups in total. The summed E-state index contributed by atoms with van der Waals surface area (Å²) in [4.78, 5) is 0. The van der Waals surface area contributed by atoms with Gasteiger partial charge in [0, 0.05) is 0 Å². The summed E-state index contributed by atoms with van der Waals surface area (Å²) in [5.41, 5.74) is -1.66. The van der Waals surface area contributed by atoms with Gasteiger partial charge in [0.25, 0.3) is 0 Å². The zero-order valence-corrected chi connectivity index (χ0v) is 17.3. The van der Waals surface area contributed by atoms with Crippen molar-refractivity contribution in [3.63, 3.8) is 0 Å². The Labute approximate surface area is 135 Å². The number of rotatable bonds is 4. The predicted molar refractivity (Wildman–Crippen MR) is 83.4 cm³/mol. The van der Waals surface area contributed by atoms with E-state index >= 15 is 0 Å². The normalized spacial score (nSPS) is 16.2. The van der Waals surface area contributed by atoms with Crippen LogP contribution >= 0.6 is 0 Å². The Hall–Kier alpha value is 0.372. The Morgan fingerprint density at radius 1 is 0.381 bits per heavy atom. The second-order valence-electron chi connectivity index (χ2n) is 9.19. The SMILES string of the molecule is CC(C)(C)[O][Cr]([O]C(C)(C)C)([O]C(C)(C)C)[O]C(C)(C)C. The quantitative estimate of drug-likeness (QED) is 0.714. The fourth-order valence-electron chi connectivity index (χ4n) is 1.33. The van der Waals surface area contributed by atoms with E-state index in [0.29, 0.717) is 0 Å². The molecule has 0 amide bonds. The van der Waals surface area contributed by atoms with Gasteiger partial charge >= 0.3 is 135 Å². The van der Waals surface area contributed by atoms with Crippen molar-refractivity contribution in [2.24, 2.45) is 0 Å². The monoisotopic (exact) mass is 344 g/mol. The van der Waals surface area contributed by atoms with E-state index in [1.165, 1.54) is 0 Å². The molecule has 0 unspecified atom stereocenters. The van der Waals surface area contributed by atoms with Crippen molar-refractivity contribution in [3.8, 4) is 0 Å². The number of hydrogen-bond donors (Lipinski definition) is 0. The Morgan fingerprint density at radius 2 is 0.524 bits per heavy atom. The van der Waals surface area contributed by atoms with Crippen LogP contribution < -0.4 is 0 Å². The van der Waals surface area contributed by atoms with Gasteiger partial charge in [0.15, 0.2) is 0 Å². The average molecular weight is 344 g/mol. The van der Waals surface area contributed by atoms with Crippen LogP contribution in [0, 0.1) is 0 Å². The zero-order chi connectivity index (χ0) is 17.3. The van der Waals surface area contributed by atoms with Gasteiger partial charge in [-0.1, -0.05) is 0 Å². The third-order valence-electron chi connectivity index (χ3n) is 1.41. The summed E-state index contributed by atoms with van der Waals surface area (Å²) < 4.78 is 25.0. The molecule has 0 saturated heterocycles. The number of hydrogen-bond acceptors (Lipinski definition) is 4. The van der Waals surface area contributed by atoms with E-state index in [1.54, 1.807) is 0 Å². The summed E-state index contributed by atoms with van der Waals surface area (Å²) in [5, 5.41) is 0. The van der Waals surface area contributed by atoms with Crippen molar-refractivity contribution in [1.82, 2.24) is 0 Å². The van der Waals surface area contributed by atoms with Gasteiger partial charge in [-0.3, -0.25) is 0 Å². The Bertz CT molecular complexity index is 257. The Balaban J connectivity index is 5.70. The van der Waals surface area contributed by atoms with Gasteiger partial charge in [-0.05, 0) is 0 Å². The molecule has 0 aliphatic carbocycles. The standard InChI is InChI=1S/4C4H9O.Cr/c4*1-4(2,3)5;/h4*1-3H3;/q4*-1;+4. The van der Waals surface area contributed by atoms with Crippen LogP contribution in [-0.2, 0) is 29.6 Å². The second kappa shape index (κ2) is 6.47. The molecule has 0 saturated carbocycles. The third-order valence-corrected chi connectivity index (χ3v) is 5.81. The van der Waals surface area contributed by atoms with Gasteiger partial charge in [0.1, 0.15) is 0 Å².